The minimum absolute atomic E-state index is 0.199. The molecule has 0 aliphatic rings. The second-order valence-electron chi connectivity index (χ2n) is 11.9. The number of rotatable bonds is 15. The third-order valence-electron chi connectivity index (χ3n) is 6.93. The van der Waals surface area contributed by atoms with Gasteiger partial charge in [-0.15, -0.1) is 0 Å². The maximum atomic E-state index is 14.5. The topological polar surface area (TPSA) is 87.7 Å². The highest BCUT2D eigenvalue weighted by Gasteiger charge is 2.36. The molecule has 0 aromatic heterocycles. The summed E-state index contributed by atoms with van der Waals surface area (Å²) < 4.78 is 5.54. The van der Waals surface area contributed by atoms with Crippen molar-refractivity contribution in [1.29, 1.82) is 0 Å². The fourth-order valence-corrected chi connectivity index (χ4v) is 4.79. The monoisotopic (exact) mass is 565 g/mol. The lowest BCUT2D eigenvalue weighted by Crippen LogP contribution is -2.54. The molecule has 0 saturated carbocycles. The molecule has 7 heteroatoms. The van der Waals surface area contributed by atoms with Crippen LogP contribution in [-0.2, 0) is 20.7 Å². The van der Waals surface area contributed by atoms with Gasteiger partial charge >= 0.3 is 6.09 Å². The highest BCUT2D eigenvalue weighted by molar-refractivity contribution is 5.92. The van der Waals surface area contributed by atoms with Crippen LogP contribution in [0.4, 0.5) is 4.79 Å². The number of carbonyl (C=O) groups excluding carboxylic acids is 3. The summed E-state index contributed by atoms with van der Waals surface area (Å²) in [6.07, 6.45) is 5.21. The lowest BCUT2D eigenvalue weighted by atomic mass is 9.95. The lowest BCUT2D eigenvalue weighted by molar-refractivity contribution is -0.142. The number of ether oxygens (including phenoxy) is 1. The lowest BCUT2D eigenvalue weighted by Gasteiger charge is -2.35. The van der Waals surface area contributed by atoms with Gasteiger partial charge in [-0.25, -0.2) is 4.79 Å². The normalized spacial score (nSPS) is 12.8. The largest absolute Gasteiger partial charge is 0.444 e. The number of nitrogens with zero attached hydrogens (tertiary/aromatic N) is 1. The Bertz CT molecular complexity index is 1110. The highest BCUT2D eigenvalue weighted by atomic mass is 16.6. The molecule has 7 nitrogen and oxygen atoms in total. The van der Waals surface area contributed by atoms with Gasteiger partial charge in [0, 0.05) is 19.5 Å². The van der Waals surface area contributed by atoms with Gasteiger partial charge in [-0.3, -0.25) is 9.59 Å². The Balaban J connectivity index is 2.56. The second kappa shape index (κ2) is 16.8. The van der Waals surface area contributed by atoms with Crippen molar-refractivity contribution in [2.45, 2.75) is 111 Å². The molecule has 0 saturated heterocycles. The molecule has 2 N–H and O–H groups in total. The third kappa shape index (κ3) is 11.6. The smallest absolute Gasteiger partial charge is 0.408 e. The highest BCUT2D eigenvalue weighted by Crippen LogP contribution is 2.28. The fourth-order valence-electron chi connectivity index (χ4n) is 4.79. The van der Waals surface area contributed by atoms with Crippen LogP contribution in [0, 0.1) is 13.8 Å². The van der Waals surface area contributed by atoms with Gasteiger partial charge in [0.1, 0.15) is 17.7 Å². The number of unbranched alkanes of at least 4 members (excludes halogenated alkanes) is 4. The van der Waals surface area contributed by atoms with Crippen LogP contribution in [0.2, 0.25) is 0 Å². The predicted molar refractivity (Wildman–Crippen MR) is 166 cm³/mol. The van der Waals surface area contributed by atoms with Crippen LogP contribution in [0.25, 0.3) is 0 Å². The molecule has 2 unspecified atom stereocenters. The summed E-state index contributed by atoms with van der Waals surface area (Å²) in [7, 11) is 0. The molecule has 0 spiro atoms. The summed E-state index contributed by atoms with van der Waals surface area (Å²) in [6.45, 7) is 14.5. The first-order valence-electron chi connectivity index (χ1n) is 15.2. The number of carbonyl (C=O) groups is 3. The van der Waals surface area contributed by atoms with E-state index in [2.05, 4.69) is 24.5 Å². The predicted octanol–water partition coefficient (Wildman–Crippen LogP) is 6.81. The van der Waals surface area contributed by atoms with Crippen molar-refractivity contribution in [3.63, 3.8) is 0 Å². The van der Waals surface area contributed by atoms with E-state index in [1.165, 1.54) is 0 Å². The van der Waals surface area contributed by atoms with Gasteiger partial charge in [-0.1, -0.05) is 93.6 Å². The zero-order valence-electron chi connectivity index (χ0n) is 26.2. The second-order valence-corrected chi connectivity index (χ2v) is 11.9. The quantitative estimate of drug-likeness (QED) is 0.232. The first kappa shape index (κ1) is 33.9. The van der Waals surface area contributed by atoms with Crippen LogP contribution in [0.1, 0.15) is 101 Å². The summed E-state index contributed by atoms with van der Waals surface area (Å²) in [4.78, 5) is 43.0. The zero-order valence-corrected chi connectivity index (χ0v) is 26.2. The van der Waals surface area contributed by atoms with Crippen molar-refractivity contribution in [3.05, 3.63) is 70.8 Å². The Morgan fingerprint density at radius 3 is 2.20 bits per heavy atom. The molecule has 3 amide bonds. The van der Waals surface area contributed by atoms with Gasteiger partial charge in [0.15, 0.2) is 0 Å². The maximum absolute atomic E-state index is 14.5. The molecule has 0 bridgehead atoms. The van der Waals surface area contributed by atoms with E-state index in [4.69, 9.17) is 4.74 Å². The van der Waals surface area contributed by atoms with Crippen LogP contribution >= 0.6 is 0 Å². The average molecular weight is 566 g/mol. The summed E-state index contributed by atoms with van der Waals surface area (Å²) in [5.41, 5.74) is 2.95. The molecule has 2 rings (SSSR count). The first-order valence-corrected chi connectivity index (χ1v) is 15.2. The Kier molecular flexibility index (Phi) is 13.9. The number of hydrogen-bond donors (Lipinski definition) is 2. The molecule has 41 heavy (non-hydrogen) atoms. The van der Waals surface area contributed by atoms with Crippen molar-refractivity contribution in [3.8, 4) is 0 Å². The Hall–Kier alpha value is -3.35. The third-order valence-corrected chi connectivity index (χ3v) is 6.93. The summed E-state index contributed by atoms with van der Waals surface area (Å²) in [5, 5.41) is 5.94. The molecule has 0 radical (unpaired) electrons. The summed E-state index contributed by atoms with van der Waals surface area (Å²) in [5.74, 6) is -0.499. The van der Waals surface area contributed by atoms with E-state index in [1.54, 1.807) is 25.7 Å². The fraction of sp³-hybridized carbons (Fsp3) is 0.559. The van der Waals surface area contributed by atoms with E-state index in [1.807, 2.05) is 62.4 Å². The molecule has 226 valence electrons. The van der Waals surface area contributed by atoms with Crippen LogP contribution < -0.4 is 10.6 Å². The van der Waals surface area contributed by atoms with Crippen molar-refractivity contribution in [2.75, 3.05) is 13.1 Å². The Morgan fingerprint density at radius 1 is 0.902 bits per heavy atom. The van der Waals surface area contributed by atoms with Gasteiger partial charge in [-0.2, -0.15) is 0 Å². The Labute approximate surface area is 247 Å². The average Bonchev–Trinajstić information content (AvgIpc) is 2.91. The van der Waals surface area contributed by atoms with E-state index in [9.17, 15) is 14.4 Å². The SMILES string of the molecule is CCCCCNC(=O)C(c1cc(C)ccc1C)N(CCCCC)C(=O)C(Cc1ccccc1)NC(=O)OC(C)(C)C. The number of hydrogen-bond acceptors (Lipinski definition) is 4. The van der Waals surface area contributed by atoms with Crippen molar-refractivity contribution >= 4 is 17.9 Å². The molecule has 0 aliphatic carbocycles. The van der Waals surface area contributed by atoms with Crippen molar-refractivity contribution in [1.82, 2.24) is 15.5 Å². The summed E-state index contributed by atoms with van der Waals surface area (Å²) >= 11 is 0. The van der Waals surface area contributed by atoms with Gasteiger partial charge in [-0.05, 0) is 64.2 Å². The first-order chi connectivity index (χ1) is 19.5. The van der Waals surface area contributed by atoms with Crippen LogP contribution in [0.15, 0.2) is 48.5 Å². The number of benzene rings is 2. The number of alkyl carbamates (subject to hydrolysis) is 1. The van der Waals surface area contributed by atoms with E-state index >= 15 is 0 Å². The van der Waals surface area contributed by atoms with E-state index in [0.29, 0.717) is 13.1 Å². The zero-order chi connectivity index (χ0) is 30.4. The molecule has 2 aromatic rings. The minimum Gasteiger partial charge on any atom is -0.444 e. The van der Waals surface area contributed by atoms with Crippen LogP contribution in [0.5, 0.6) is 0 Å². The maximum Gasteiger partial charge on any atom is 0.408 e. The molecule has 0 aliphatic heterocycles. The standard InChI is InChI=1S/C34H51N3O4/c1-8-10-15-21-35-31(38)30(28-23-25(3)19-20-26(28)4)37(22-16-11-9-2)32(39)29(24-27-17-13-12-14-18-27)36-33(40)41-34(5,6)7/h12-14,17-20,23,29-30H,8-11,15-16,21-22,24H2,1-7H3,(H,35,38)(H,36,40). The van der Waals surface area contributed by atoms with E-state index < -0.39 is 23.8 Å². The molecule has 0 heterocycles. The number of nitrogens with one attached hydrogen (secondary N) is 2. The summed E-state index contributed by atoms with van der Waals surface area (Å²) in [6, 6.07) is 13.9. The van der Waals surface area contributed by atoms with Gasteiger partial charge < -0.3 is 20.3 Å². The Morgan fingerprint density at radius 2 is 1.56 bits per heavy atom. The molecule has 2 atom stereocenters. The number of amides is 3. The van der Waals surface area contributed by atoms with Gasteiger partial charge in [0.25, 0.3) is 0 Å². The molecular weight excluding hydrogens is 514 g/mol. The molecule has 0 fully saturated rings. The van der Waals surface area contributed by atoms with Crippen molar-refractivity contribution in [2.24, 2.45) is 0 Å². The van der Waals surface area contributed by atoms with Crippen molar-refractivity contribution < 1.29 is 19.1 Å². The van der Waals surface area contributed by atoms with Gasteiger partial charge in [0.05, 0.1) is 0 Å². The van der Waals surface area contributed by atoms with Gasteiger partial charge in [0.2, 0.25) is 11.8 Å². The molecule has 2 aromatic carbocycles. The van der Waals surface area contributed by atoms with E-state index in [0.717, 1.165) is 60.8 Å². The number of aryl methyl sites for hydroxylation is 2. The van der Waals surface area contributed by atoms with Crippen LogP contribution in [0.3, 0.4) is 0 Å². The van der Waals surface area contributed by atoms with Crippen LogP contribution in [-0.4, -0.2) is 47.5 Å². The molecular formula is C34H51N3O4. The minimum atomic E-state index is -0.908. The van der Waals surface area contributed by atoms with E-state index in [-0.39, 0.29) is 18.2 Å².